The van der Waals surface area contributed by atoms with Crippen LogP contribution in [0.5, 0.6) is 11.5 Å². The maximum atomic E-state index is 13.0. The lowest BCUT2D eigenvalue weighted by molar-refractivity contribution is 0.0717. The fourth-order valence-electron chi connectivity index (χ4n) is 3.88. The topological polar surface area (TPSA) is 76.9 Å². The molecule has 3 aromatic rings. The van der Waals surface area contributed by atoms with E-state index in [4.69, 9.17) is 9.47 Å². The van der Waals surface area contributed by atoms with Crippen LogP contribution in [0.15, 0.2) is 60.9 Å². The van der Waals surface area contributed by atoms with Crippen molar-refractivity contribution >= 4 is 11.8 Å². The highest BCUT2D eigenvalue weighted by Gasteiger charge is 2.25. The molecule has 2 amide bonds. The summed E-state index contributed by atoms with van der Waals surface area (Å²) in [5.74, 6) is 1.95. The number of nitrogens with zero attached hydrogens (tertiary/aromatic N) is 4. The van der Waals surface area contributed by atoms with Gasteiger partial charge in [-0.1, -0.05) is 12.1 Å². The second kappa shape index (κ2) is 10.2. The lowest BCUT2D eigenvalue weighted by Crippen LogP contribution is -2.37. The number of carbonyl (C=O) groups excluding carboxylic acids is 2. The van der Waals surface area contributed by atoms with Crippen LogP contribution in [-0.2, 0) is 13.7 Å². The van der Waals surface area contributed by atoms with Crippen molar-refractivity contribution in [2.75, 3.05) is 33.3 Å². The van der Waals surface area contributed by atoms with Crippen molar-refractivity contribution in [3.05, 3.63) is 77.9 Å². The van der Waals surface area contributed by atoms with Crippen molar-refractivity contribution < 1.29 is 19.1 Å². The average Bonchev–Trinajstić information content (AvgIpc) is 3.11. The Labute approximate surface area is 193 Å². The van der Waals surface area contributed by atoms with Gasteiger partial charge in [-0.2, -0.15) is 0 Å². The van der Waals surface area contributed by atoms with Gasteiger partial charge in [0.25, 0.3) is 11.8 Å². The van der Waals surface area contributed by atoms with E-state index in [1.807, 2.05) is 29.9 Å². The molecule has 33 heavy (non-hydrogen) atoms. The van der Waals surface area contributed by atoms with E-state index in [1.165, 1.54) is 0 Å². The van der Waals surface area contributed by atoms with Gasteiger partial charge in [0.15, 0.2) is 0 Å². The minimum absolute atomic E-state index is 0.0442. The average molecular weight is 449 g/mol. The zero-order chi connectivity index (χ0) is 23.2. The van der Waals surface area contributed by atoms with Crippen molar-refractivity contribution in [2.45, 2.75) is 13.0 Å². The number of benzene rings is 2. The lowest BCUT2D eigenvalue weighted by atomic mass is 10.1. The minimum atomic E-state index is -0.0732. The smallest absolute Gasteiger partial charge is 0.257 e. The molecule has 0 N–H and O–H groups in total. The second-order valence-corrected chi connectivity index (χ2v) is 7.91. The Morgan fingerprint density at radius 3 is 2.30 bits per heavy atom. The third kappa shape index (κ3) is 5.16. The number of hydrogen-bond acceptors (Lipinski definition) is 5. The van der Waals surface area contributed by atoms with Crippen LogP contribution in [0.3, 0.4) is 0 Å². The molecule has 8 heteroatoms. The molecule has 0 atom stereocenters. The van der Waals surface area contributed by atoms with Gasteiger partial charge in [-0.3, -0.25) is 9.59 Å². The Morgan fingerprint density at radius 2 is 1.64 bits per heavy atom. The van der Waals surface area contributed by atoms with Crippen molar-refractivity contribution in [1.82, 2.24) is 19.4 Å². The number of rotatable bonds is 6. The normalized spacial score (nSPS) is 14.0. The van der Waals surface area contributed by atoms with E-state index < -0.39 is 0 Å². The Morgan fingerprint density at radius 1 is 0.939 bits per heavy atom. The summed E-state index contributed by atoms with van der Waals surface area (Å²) in [6.07, 6.45) is 4.32. The lowest BCUT2D eigenvalue weighted by Gasteiger charge is -2.23. The van der Waals surface area contributed by atoms with Crippen molar-refractivity contribution in [3.63, 3.8) is 0 Å². The van der Waals surface area contributed by atoms with Crippen molar-refractivity contribution in [1.29, 1.82) is 0 Å². The molecule has 0 saturated carbocycles. The van der Waals surface area contributed by atoms with E-state index in [9.17, 15) is 9.59 Å². The molecule has 4 rings (SSSR count). The maximum Gasteiger partial charge on any atom is 0.257 e. The second-order valence-electron chi connectivity index (χ2n) is 7.91. The number of methoxy groups -OCH3 is 1. The van der Waals surface area contributed by atoms with Gasteiger partial charge in [0.2, 0.25) is 0 Å². The number of ether oxygens (including phenoxy) is 2. The van der Waals surface area contributed by atoms with Gasteiger partial charge in [0.1, 0.15) is 23.9 Å². The summed E-state index contributed by atoms with van der Waals surface area (Å²) >= 11 is 0. The molecular formula is C25H28N4O4. The van der Waals surface area contributed by atoms with Gasteiger partial charge < -0.3 is 23.8 Å². The maximum absolute atomic E-state index is 13.0. The highest BCUT2D eigenvalue weighted by atomic mass is 16.5. The van der Waals surface area contributed by atoms with Crippen molar-refractivity contribution in [3.8, 4) is 11.5 Å². The molecule has 0 spiro atoms. The SMILES string of the molecule is COc1ccccc1C(=O)N1CCCN(C(=O)c2ccc(OCc3nccn3C)cc2)CC1. The number of hydrogen-bond donors (Lipinski definition) is 0. The molecular weight excluding hydrogens is 420 g/mol. The summed E-state index contributed by atoms with van der Waals surface area (Å²) in [6, 6.07) is 14.4. The molecule has 2 aromatic carbocycles. The molecule has 1 fully saturated rings. The highest BCUT2D eigenvalue weighted by Crippen LogP contribution is 2.21. The van der Waals surface area contributed by atoms with Gasteiger partial charge >= 0.3 is 0 Å². The van der Waals surface area contributed by atoms with Crippen molar-refractivity contribution in [2.24, 2.45) is 7.05 Å². The van der Waals surface area contributed by atoms with Crippen LogP contribution in [-0.4, -0.2) is 64.5 Å². The molecule has 1 aromatic heterocycles. The van der Waals surface area contributed by atoms with E-state index >= 15 is 0 Å². The van der Waals surface area contributed by atoms with Gasteiger partial charge in [0.05, 0.1) is 12.7 Å². The molecule has 8 nitrogen and oxygen atoms in total. The first kappa shape index (κ1) is 22.4. The van der Waals surface area contributed by atoms with E-state index in [0.29, 0.717) is 55.4 Å². The number of aromatic nitrogens is 2. The first-order valence-electron chi connectivity index (χ1n) is 11.0. The zero-order valence-electron chi connectivity index (χ0n) is 18.9. The zero-order valence-corrected chi connectivity index (χ0v) is 18.9. The quantitative estimate of drug-likeness (QED) is 0.580. The summed E-state index contributed by atoms with van der Waals surface area (Å²) in [5.41, 5.74) is 1.14. The fraction of sp³-hybridized carbons (Fsp3) is 0.320. The first-order valence-corrected chi connectivity index (χ1v) is 11.0. The predicted octanol–water partition coefficient (Wildman–Crippen LogP) is 3.00. The molecule has 0 bridgehead atoms. The molecule has 0 unspecified atom stereocenters. The van der Waals surface area contributed by atoms with Crippen LogP contribution in [0.2, 0.25) is 0 Å². The van der Waals surface area contributed by atoms with Crippen LogP contribution < -0.4 is 9.47 Å². The first-order chi connectivity index (χ1) is 16.1. The number of para-hydroxylation sites is 1. The van der Waals surface area contributed by atoms with Crippen LogP contribution in [0, 0.1) is 0 Å². The summed E-state index contributed by atoms with van der Waals surface area (Å²) < 4.78 is 13.0. The monoisotopic (exact) mass is 448 g/mol. The standard InChI is InChI=1S/C25H28N4O4/c1-27-15-12-26-23(27)18-33-20-10-8-19(9-11-20)24(30)28-13-5-14-29(17-16-28)25(31)21-6-3-4-7-22(21)32-2/h3-4,6-12,15H,5,13-14,16-18H2,1-2H3. The Kier molecular flexibility index (Phi) is 6.92. The Bertz CT molecular complexity index is 1110. The van der Waals surface area contributed by atoms with E-state index in [-0.39, 0.29) is 11.8 Å². The fourth-order valence-corrected chi connectivity index (χ4v) is 3.88. The van der Waals surface area contributed by atoms with Gasteiger partial charge in [-0.05, 0) is 42.8 Å². The molecule has 2 heterocycles. The molecule has 1 aliphatic rings. The van der Waals surface area contributed by atoms with E-state index in [1.54, 1.807) is 59.5 Å². The molecule has 1 aliphatic heterocycles. The third-order valence-electron chi connectivity index (χ3n) is 5.80. The van der Waals surface area contributed by atoms with E-state index in [0.717, 1.165) is 12.2 Å². The van der Waals surface area contributed by atoms with Gasteiger partial charge in [0, 0.05) is 51.2 Å². The Hall–Kier alpha value is -3.81. The molecule has 0 radical (unpaired) electrons. The summed E-state index contributed by atoms with van der Waals surface area (Å²) in [5, 5.41) is 0. The van der Waals surface area contributed by atoms with Gasteiger partial charge in [-0.15, -0.1) is 0 Å². The Balaban J connectivity index is 1.35. The van der Waals surface area contributed by atoms with Crippen LogP contribution in [0.1, 0.15) is 33.0 Å². The number of amides is 2. The van der Waals surface area contributed by atoms with Gasteiger partial charge in [-0.25, -0.2) is 4.98 Å². The van der Waals surface area contributed by atoms with Crippen LogP contribution in [0.4, 0.5) is 0 Å². The minimum Gasteiger partial charge on any atom is -0.496 e. The van der Waals surface area contributed by atoms with Crippen LogP contribution in [0.25, 0.3) is 0 Å². The summed E-state index contributed by atoms with van der Waals surface area (Å²) in [6.45, 7) is 2.52. The molecule has 1 saturated heterocycles. The number of aryl methyl sites for hydroxylation is 1. The highest BCUT2D eigenvalue weighted by molar-refractivity contribution is 5.97. The molecule has 0 aliphatic carbocycles. The number of imidazole rings is 1. The summed E-state index contributed by atoms with van der Waals surface area (Å²) in [4.78, 5) is 33.9. The largest absolute Gasteiger partial charge is 0.496 e. The summed E-state index contributed by atoms with van der Waals surface area (Å²) in [7, 11) is 3.48. The third-order valence-corrected chi connectivity index (χ3v) is 5.80. The van der Waals surface area contributed by atoms with Crippen LogP contribution >= 0.6 is 0 Å². The van der Waals surface area contributed by atoms with E-state index in [2.05, 4.69) is 4.98 Å². The molecule has 172 valence electrons. The predicted molar refractivity (Wildman–Crippen MR) is 123 cm³/mol. The number of carbonyl (C=O) groups is 2.